The standard InChI is InChI=1S/C15H12F3N3O3/c16-9-6-11(18)10(17)5-8(9)7-24-13-12-14-20(3-4-23-12)1-2-21(14)15(22)19-13/h5-6H,1-4,7H2. The molecule has 0 unspecified atom stereocenters. The predicted octanol–water partition coefficient (Wildman–Crippen LogP) is 1.45. The highest BCUT2D eigenvalue weighted by molar-refractivity contribution is 5.61. The zero-order valence-electron chi connectivity index (χ0n) is 12.4. The highest BCUT2D eigenvalue weighted by atomic mass is 19.2. The van der Waals surface area contributed by atoms with Crippen molar-refractivity contribution >= 4 is 5.82 Å². The molecule has 0 fully saturated rings. The van der Waals surface area contributed by atoms with E-state index in [0.717, 1.165) is 0 Å². The molecule has 0 N–H and O–H groups in total. The molecule has 2 aliphatic rings. The Morgan fingerprint density at radius 1 is 1.12 bits per heavy atom. The van der Waals surface area contributed by atoms with Gasteiger partial charge >= 0.3 is 5.69 Å². The first kappa shape index (κ1) is 14.9. The van der Waals surface area contributed by atoms with Crippen molar-refractivity contribution in [3.8, 4) is 11.6 Å². The van der Waals surface area contributed by atoms with Crippen LogP contribution in [0, 0.1) is 17.5 Å². The van der Waals surface area contributed by atoms with Crippen molar-refractivity contribution in [2.75, 3.05) is 24.6 Å². The average molecular weight is 339 g/mol. The molecule has 0 amide bonds. The number of halogens is 3. The lowest BCUT2D eigenvalue weighted by Gasteiger charge is -2.27. The Kier molecular flexibility index (Phi) is 3.36. The van der Waals surface area contributed by atoms with Crippen LogP contribution in [0.5, 0.6) is 11.6 Å². The van der Waals surface area contributed by atoms with E-state index in [1.54, 1.807) is 0 Å². The number of hydrogen-bond acceptors (Lipinski definition) is 5. The second kappa shape index (κ2) is 5.43. The van der Waals surface area contributed by atoms with Gasteiger partial charge in [0.25, 0.3) is 5.88 Å². The van der Waals surface area contributed by atoms with Crippen LogP contribution in [0.4, 0.5) is 19.0 Å². The van der Waals surface area contributed by atoms with Crippen molar-refractivity contribution in [1.29, 1.82) is 0 Å². The molecule has 24 heavy (non-hydrogen) atoms. The maximum Gasteiger partial charge on any atom is 0.352 e. The van der Waals surface area contributed by atoms with Crippen molar-refractivity contribution < 1.29 is 22.6 Å². The van der Waals surface area contributed by atoms with E-state index in [1.165, 1.54) is 4.57 Å². The van der Waals surface area contributed by atoms with Crippen LogP contribution in [0.3, 0.4) is 0 Å². The van der Waals surface area contributed by atoms with Crippen molar-refractivity contribution in [2.45, 2.75) is 13.2 Å². The topological polar surface area (TPSA) is 56.6 Å². The van der Waals surface area contributed by atoms with Gasteiger partial charge < -0.3 is 14.4 Å². The fourth-order valence-electron chi connectivity index (χ4n) is 2.87. The van der Waals surface area contributed by atoms with Crippen LogP contribution in [0.2, 0.25) is 0 Å². The smallest absolute Gasteiger partial charge is 0.352 e. The summed E-state index contributed by atoms with van der Waals surface area (Å²) < 4.78 is 52.3. The van der Waals surface area contributed by atoms with E-state index < -0.39 is 29.7 Å². The van der Waals surface area contributed by atoms with Gasteiger partial charge in [-0.25, -0.2) is 18.0 Å². The normalized spacial score (nSPS) is 15.2. The van der Waals surface area contributed by atoms with E-state index >= 15 is 0 Å². The molecule has 1 aromatic heterocycles. The van der Waals surface area contributed by atoms with Crippen LogP contribution in [0.25, 0.3) is 0 Å². The Bertz CT molecular complexity index is 884. The molecule has 126 valence electrons. The maximum atomic E-state index is 13.7. The number of anilines is 1. The van der Waals surface area contributed by atoms with Gasteiger partial charge in [0.15, 0.2) is 17.5 Å². The molecule has 6 nitrogen and oxygen atoms in total. The molecule has 0 atom stereocenters. The largest absolute Gasteiger partial charge is 0.483 e. The summed E-state index contributed by atoms with van der Waals surface area (Å²) in [5.74, 6) is -2.59. The third-order valence-corrected chi connectivity index (χ3v) is 4.04. The van der Waals surface area contributed by atoms with E-state index in [1.807, 2.05) is 4.90 Å². The van der Waals surface area contributed by atoms with Crippen molar-refractivity contribution in [3.05, 3.63) is 45.6 Å². The maximum absolute atomic E-state index is 13.7. The Morgan fingerprint density at radius 3 is 2.75 bits per heavy atom. The highest BCUT2D eigenvalue weighted by Gasteiger charge is 2.32. The van der Waals surface area contributed by atoms with E-state index in [2.05, 4.69) is 4.98 Å². The fraction of sp³-hybridized carbons (Fsp3) is 0.333. The van der Waals surface area contributed by atoms with Crippen LogP contribution in [-0.4, -0.2) is 29.2 Å². The quantitative estimate of drug-likeness (QED) is 0.793. The summed E-state index contributed by atoms with van der Waals surface area (Å²) in [6.07, 6.45) is 0. The van der Waals surface area contributed by atoms with Gasteiger partial charge in [0.2, 0.25) is 5.75 Å². The Hall–Kier alpha value is -2.71. The summed E-state index contributed by atoms with van der Waals surface area (Å²) in [6.45, 7) is 1.83. The Labute approximate surface area is 134 Å². The van der Waals surface area contributed by atoms with Gasteiger partial charge in [0, 0.05) is 24.7 Å². The number of benzene rings is 1. The van der Waals surface area contributed by atoms with E-state index in [4.69, 9.17) is 9.47 Å². The Balaban J connectivity index is 1.67. The van der Waals surface area contributed by atoms with Gasteiger partial charge in [0.1, 0.15) is 19.0 Å². The van der Waals surface area contributed by atoms with Crippen LogP contribution in [-0.2, 0) is 13.2 Å². The van der Waals surface area contributed by atoms with Crippen LogP contribution in [0.15, 0.2) is 16.9 Å². The first-order valence-electron chi connectivity index (χ1n) is 7.33. The van der Waals surface area contributed by atoms with Gasteiger partial charge in [-0.15, -0.1) is 0 Å². The molecule has 4 rings (SSSR count). The van der Waals surface area contributed by atoms with Gasteiger partial charge in [-0.1, -0.05) is 0 Å². The third-order valence-electron chi connectivity index (χ3n) is 4.04. The number of nitrogens with zero attached hydrogens (tertiary/aromatic N) is 3. The van der Waals surface area contributed by atoms with Crippen molar-refractivity contribution in [3.63, 3.8) is 0 Å². The van der Waals surface area contributed by atoms with E-state index in [9.17, 15) is 18.0 Å². The molecule has 0 saturated heterocycles. The second-order valence-electron chi connectivity index (χ2n) is 5.49. The zero-order valence-corrected chi connectivity index (χ0v) is 12.4. The van der Waals surface area contributed by atoms with E-state index in [-0.39, 0.29) is 11.4 Å². The fourth-order valence-corrected chi connectivity index (χ4v) is 2.87. The SMILES string of the molecule is O=c1nc(OCc2cc(F)c(F)cc2F)c2c3n1CCN3CCO2. The van der Waals surface area contributed by atoms with Crippen LogP contribution >= 0.6 is 0 Å². The van der Waals surface area contributed by atoms with Crippen LogP contribution in [0.1, 0.15) is 5.56 Å². The molecule has 0 bridgehead atoms. The lowest BCUT2D eigenvalue weighted by Crippen LogP contribution is -2.32. The molecule has 2 aromatic rings. The van der Waals surface area contributed by atoms with Crippen LogP contribution < -0.4 is 20.1 Å². The molecule has 3 heterocycles. The second-order valence-corrected chi connectivity index (χ2v) is 5.49. The lowest BCUT2D eigenvalue weighted by molar-refractivity contribution is 0.242. The summed E-state index contributed by atoms with van der Waals surface area (Å²) in [4.78, 5) is 17.8. The molecular weight excluding hydrogens is 327 g/mol. The summed E-state index contributed by atoms with van der Waals surface area (Å²) in [5.41, 5.74) is -0.682. The number of hydrogen-bond donors (Lipinski definition) is 0. The lowest BCUT2D eigenvalue weighted by atomic mass is 10.2. The molecule has 0 radical (unpaired) electrons. The average Bonchev–Trinajstić information content (AvgIpc) is 2.99. The highest BCUT2D eigenvalue weighted by Crippen LogP contribution is 2.39. The molecule has 9 heteroatoms. The molecule has 0 spiro atoms. The molecule has 1 aromatic carbocycles. The number of aromatic nitrogens is 2. The third kappa shape index (κ3) is 2.27. The minimum Gasteiger partial charge on any atom is -0.483 e. The van der Waals surface area contributed by atoms with Crippen molar-refractivity contribution in [2.24, 2.45) is 0 Å². The molecule has 2 aliphatic heterocycles. The first-order valence-corrected chi connectivity index (χ1v) is 7.33. The number of rotatable bonds is 3. The molecule has 0 aliphatic carbocycles. The van der Waals surface area contributed by atoms with Gasteiger partial charge in [-0.2, -0.15) is 4.98 Å². The van der Waals surface area contributed by atoms with Gasteiger partial charge in [-0.05, 0) is 6.07 Å². The minimum atomic E-state index is -1.28. The van der Waals surface area contributed by atoms with Gasteiger partial charge in [0.05, 0.1) is 6.54 Å². The minimum absolute atomic E-state index is 0.0815. The van der Waals surface area contributed by atoms with Crippen molar-refractivity contribution in [1.82, 2.24) is 9.55 Å². The summed E-state index contributed by atoms with van der Waals surface area (Å²) >= 11 is 0. The zero-order chi connectivity index (χ0) is 16.8. The monoisotopic (exact) mass is 339 g/mol. The summed E-state index contributed by atoms with van der Waals surface area (Å²) in [6, 6.07) is 1.16. The first-order chi connectivity index (χ1) is 11.5. The molecule has 0 saturated carbocycles. The van der Waals surface area contributed by atoms with Gasteiger partial charge in [-0.3, -0.25) is 4.57 Å². The Morgan fingerprint density at radius 2 is 1.92 bits per heavy atom. The van der Waals surface area contributed by atoms with E-state index in [0.29, 0.717) is 49.9 Å². The predicted molar refractivity (Wildman–Crippen MR) is 76.9 cm³/mol. The number of ether oxygens (including phenoxy) is 2. The summed E-state index contributed by atoms with van der Waals surface area (Å²) in [7, 11) is 0. The molecular formula is C15H12F3N3O3. The summed E-state index contributed by atoms with van der Waals surface area (Å²) in [5, 5.41) is 0.